The van der Waals surface area contributed by atoms with E-state index in [1.807, 2.05) is 38.1 Å². The highest BCUT2D eigenvalue weighted by Crippen LogP contribution is 2.21. The van der Waals surface area contributed by atoms with Crippen molar-refractivity contribution in [1.29, 1.82) is 0 Å². The highest BCUT2D eigenvalue weighted by molar-refractivity contribution is 6.31. The summed E-state index contributed by atoms with van der Waals surface area (Å²) in [6.07, 6.45) is 0. The van der Waals surface area contributed by atoms with Gasteiger partial charge in [0.25, 0.3) is 0 Å². The van der Waals surface area contributed by atoms with Gasteiger partial charge in [-0.3, -0.25) is 0 Å². The lowest BCUT2D eigenvalue weighted by Gasteiger charge is -2.13. The molecule has 1 aromatic carbocycles. The molecule has 0 unspecified atom stereocenters. The maximum Gasteiger partial charge on any atom is 0.319 e. The second-order valence-electron chi connectivity index (χ2n) is 5.29. The summed E-state index contributed by atoms with van der Waals surface area (Å²) in [5.41, 5.74) is 2.42. The molecule has 0 aliphatic rings. The van der Waals surface area contributed by atoms with Crippen LogP contribution in [0.1, 0.15) is 17.0 Å². The van der Waals surface area contributed by atoms with Gasteiger partial charge in [-0.05, 0) is 38.7 Å². The Balaban J connectivity index is 1.89. The van der Waals surface area contributed by atoms with Gasteiger partial charge in [0, 0.05) is 23.3 Å². The predicted molar refractivity (Wildman–Crippen MR) is 85.9 cm³/mol. The minimum atomic E-state index is -0.328. The van der Waals surface area contributed by atoms with Gasteiger partial charge in [0.1, 0.15) is 0 Å². The first-order valence-corrected chi connectivity index (χ1v) is 7.22. The van der Waals surface area contributed by atoms with Gasteiger partial charge in [0.05, 0.1) is 12.2 Å². The minimum absolute atomic E-state index is 0.277. The molecule has 2 aromatic rings. The summed E-state index contributed by atoms with van der Waals surface area (Å²) >= 11 is 6.21. The largest absolute Gasteiger partial charge is 0.359 e. The number of nitrogens with one attached hydrogen (secondary N) is 2. The standard InChI is InChI=1S/C15H19ClN4O2/c1-10-6-13(22-19-10)8-17-15(21)18-12-5-4-11(9-20(2)3)14(16)7-12/h4-7H,8-9H2,1-3H3,(H2,17,18,21). The van der Waals surface area contributed by atoms with Crippen LogP contribution in [0.3, 0.4) is 0 Å². The topological polar surface area (TPSA) is 70.4 Å². The molecule has 22 heavy (non-hydrogen) atoms. The van der Waals surface area contributed by atoms with Gasteiger partial charge in [-0.25, -0.2) is 4.79 Å². The van der Waals surface area contributed by atoms with E-state index >= 15 is 0 Å². The predicted octanol–water partition coefficient (Wildman–Crippen LogP) is 3.02. The van der Waals surface area contributed by atoms with Crippen LogP contribution in [0.2, 0.25) is 5.02 Å². The Labute approximate surface area is 134 Å². The van der Waals surface area contributed by atoms with Crippen molar-refractivity contribution in [2.45, 2.75) is 20.0 Å². The van der Waals surface area contributed by atoms with E-state index in [4.69, 9.17) is 16.1 Å². The molecule has 0 radical (unpaired) electrons. The van der Waals surface area contributed by atoms with Crippen LogP contribution in [0.25, 0.3) is 0 Å². The Morgan fingerprint density at radius 2 is 2.14 bits per heavy atom. The van der Waals surface area contributed by atoms with Crippen molar-refractivity contribution in [3.05, 3.63) is 46.3 Å². The molecule has 2 N–H and O–H groups in total. The molecular formula is C15H19ClN4O2. The molecule has 1 heterocycles. The van der Waals surface area contributed by atoms with Crippen molar-refractivity contribution in [1.82, 2.24) is 15.4 Å². The summed E-state index contributed by atoms with van der Waals surface area (Å²) in [4.78, 5) is 13.9. The van der Waals surface area contributed by atoms with E-state index in [1.165, 1.54) is 0 Å². The monoisotopic (exact) mass is 322 g/mol. The number of aryl methyl sites for hydroxylation is 1. The molecule has 0 atom stereocenters. The minimum Gasteiger partial charge on any atom is -0.359 e. The summed E-state index contributed by atoms with van der Waals surface area (Å²) < 4.78 is 5.02. The third-order valence-electron chi connectivity index (χ3n) is 2.90. The van der Waals surface area contributed by atoms with Gasteiger partial charge >= 0.3 is 6.03 Å². The third kappa shape index (κ3) is 4.75. The maximum atomic E-state index is 11.8. The van der Waals surface area contributed by atoms with Crippen molar-refractivity contribution in [3.8, 4) is 0 Å². The van der Waals surface area contributed by atoms with Gasteiger partial charge in [-0.15, -0.1) is 0 Å². The van der Waals surface area contributed by atoms with Crippen molar-refractivity contribution in [2.24, 2.45) is 0 Å². The summed E-state index contributed by atoms with van der Waals surface area (Å²) in [5.74, 6) is 0.604. The zero-order valence-corrected chi connectivity index (χ0v) is 13.6. The number of hydrogen-bond donors (Lipinski definition) is 2. The number of carbonyl (C=O) groups excluding carboxylic acids is 1. The lowest BCUT2D eigenvalue weighted by Crippen LogP contribution is -2.28. The number of anilines is 1. The molecule has 7 heteroatoms. The van der Waals surface area contributed by atoms with Crippen LogP contribution in [0.15, 0.2) is 28.8 Å². The van der Waals surface area contributed by atoms with Gasteiger partial charge in [-0.1, -0.05) is 22.8 Å². The number of amides is 2. The summed E-state index contributed by atoms with van der Waals surface area (Å²) in [5, 5.41) is 9.80. The molecule has 0 saturated heterocycles. The molecule has 6 nitrogen and oxygen atoms in total. The molecule has 0 saturated carbocycles. The van der Waals surface area contributed by atoms with E-state index in [2.05, 4.69) is 15.8 Å². The summed E-state index contributed by atoms with van der Waals surface area (Å²) in [7, 11) is 3.95. The zero-order chi connectivity index (χ0) is 16.1. The number of hydrogen-bond acceptors (Lipinski definition) is 4. The lowest BCUT2D eigenvalue weighted by atomic mass is 10.2. The SMILES string of the molecule is Cc1cc(CNC(=O)Nc2ccc(CN(C)C)c(Cl)c2)on1. The third-order valence-corrected chi connectivity index (χ3v) is 3.25. The number of aromatic nitrogens is 1. The van der Waals surface area contributed by atoms with Crippen LogP contribution in [0, 0.1) is 6.92 Å². The Kier molecular flexibility index (Phi) is 5.41. The lowest BCUT2D eigenvalue weighted by molar-refractivity contribution is 0.250. The molecule has 0 fully saturated rings. The van der Waals surface area contributed by atoms with Crippen molar-refractivity contribution in [3.63, 3.8) is 0 Å². The second-order valence-corrected chi connectivity index (χ2v) is 5.69. The number of benzene rings is 1. The normalized spacial score (nSPS) is 10.8. The number of rotatable bonds is 5. The van der Waals surface area contributed by atoms with E-state index in [0.29, 0.717) is 16.5 Å². The van der Waals surface area contributed by atoms with Crippen LogP contribution in [-0.2, 0) is 13.1 Å². The molecule has 2 amide bonds. The van der Waals surface area contributed by atoms with Crippen molar-refractivity contribution < 1.29 is 9.32 Å². The fourth-order valence-corrected chi connectivity index (χ4v) is 2.18. The van der Waals surface area contributed by atoms with E-state index in [-0.39, 0.29) is 12.6 Å². The van der Waals surface area contributed by atoms with E-state index in [9.17, 15) is 4.79 Å². The van der Waals surface area contributed by atoms with E-state index in [1.54, 1.807) is 12.1 Å². The van der Waals surface area contributed by atoms with Gasteiger partial charge < -0.3 is 20.1 Å². The first-order chi connectivity index (χ1) is 10.4. The highest BCUT2D eigenvalue weighted by Gasteiger charge is 2.07. The molecule has 0 aliphatic carbocycles. The first kappa shape index (κ1) is 16.3. The number of nitrogens with zero attached hydrogens (tertiary/aromatic N) is 2. The Bertz CT molecular complexity index is 655. The number of carbonyl (C=O) groups is 1. The van der Waals surface area contributed by atoms with Gasteiger partial charge in [-0.2, -0.15) is 0 Å². The highest BCUT2D eigenvalue weighted by atomic mass is 35.5. The first-order valence-electron chi connectivity index (χ1n) is 6.84. The van der Waals surface area contributed by atoms with Crippen LogP contribution in [-0.4, -0.2) is 30.2 Å². The van der Waals surface area contributed by atoms with Crippen LogP contribution >= 0.6 is 11.6 Å². The van der Waals surface area contributed by atoms with Gasteiger partial charge in [0.2, 0.25) is 0 Å². The van der Waals surface area contributed by atoms with Crippen molar-refractivity contribution >= 4 is 23.3 Å². The second kappa shape index (κ2) is 7.29. The summed E-state index contributed by atoms with van der Waals surface area (Å²) in [6, 6.07) is 6.90. The van der Waals surface area contributed by atoms with Crippen molar-refractivity contribution in [2.75, 3.05) is 19.4 Å². The summed E-state index contributed by atoms with van der Waals surface area (Å²) in [6.45, 7) is 2.85. The number of urea groups is 1. The zero-order valence-electron chi connectivity index (χ0n) is 12.8. The van der Waals surface area contributed by atoms with E-state index < -0.39 is 0 Å². The molecule has 1 aromatic heterocycles. The molecule has 0 bridgehead atoms. The molecule has 118 valence electrons. The Hall–Kier alpha value is -2.05. The fourth-order valence-electron chi connectivity index (χ4n) is 1.94. The van der Waals surface area contributed by atoms with Gasteiger partial charge in [0.15, 0.2) is 5.76 Å². The van der Waals surface area contributed by atoms with Crippen LogP contribution in [0.4, 0.5) is 10.5 Å². The average molecular weight is 323 g/mol. The molecule has 0 aliphatic heterocycles. The van der Waals surface area contributed by atoms with Crippen LogP contribution in [0.5, 0.6) is 0 Å². The quantitative estimate of drug-likeness (QED) is 0.887. The molecular weight excluding hydrogens is 304 g/mol. The smallest absolute Gasteiger partial charge is 0.319 e. The maximum absolute atomic E-state index is 11.8. The van der Waals surface area contributed by atoms with Crippen LogP contribution < -0.4 is 10.6 Å². The molecule has 2 rings (SSSR count). The Morgan fingerprint density at radius 1 is 1.36 bits per heavy atom. The van der Waals surface area contributed by atoms with E-state index in [0.717, 1.165) is 17.8 Å². The average Bonchev–Trinajstić information content (AvgIpc) is 2.85. The number of halogens is 1. The Morgan fingerprint density at radius 3 is 2.73 bits per heavy atom. The fraction of sp³-hybridized carbons (Fsp3) is 0.333. The molecule has 0 spiro atoms.